The first-order valence-electron chi connectivity index (χ1n) is 30.9. The van der Waals surface area contributed by atoms with Crippen molar-refractivity contribution in [2.75, 3.05) is 6.61 Å². The van der Waals surface area contributed by atoms with Gasteiger partial charge in [0.05, 0.1) is 18.8 Å². The molecular weight excluding hydrogens is 891 g/mol. The van der Waals surface area contributed by atoms with Gasteiger partial charge in [-0.15, -0.1) is 0 Å². The van der Waals surface area contributed by atoms with Crippen molar-refractivity contribution in [3.05, 3.63) is 134 Å². The van der Waals surface area contributed by atoms with E-state index < -0.39 is 12.1 Å². The van der Waals surface area contributed by atoms with Crippen LogP contribution in [0, 0.1) is 0 Å². The molecule has 0 aromatic carbocycles. The molecule has 0 fully saturated rings. The highest BCUT2D eigenvalue weighted by Gasteiger charge is 2.18. The van der Waals surface area contributed by atoms with Crippen LogP contribution in [-0.2, 0) is 4.79 Å². The van der Waals surface area contributed by atoms with Gasteiger partial charge in [-0.3, -0.25) is 4.79 Å². The molecule has 1 amide bonds. The maximum atomic E-state index is 12.5. The smallest absolute Gasteiger partial charge is 0.220 e. The highest BCUT2D eigenvalue weighted by molar-refractivity contribution is 5.76. The first-order valence-corrected chi connectivity index (χ1v) is 30.9. The third-order valence-electron chi connectivity index (χ3n) is 13.4. The van der Waals surface area contributed by atoms with Gasteiger partial charge in [0.15, 0.2) is 0 Å². The summed E-state index contributed by atoms with van der Waals surface area (Å²) in [5.74, 6) is -0.0913. The molecule has 0 aliphatic rings. The number of rotatable bonds is 55. The Balaban J connectivity index is 3.64. The van der Waals surface area contributed by atoms with Crippen molar-refractivity contribution >= 4 is 5.91 Å². The third-order valence-corrected chi connectivity index (χ3v) is 13.4. The Labute approximate surface area is 453 Å². The predicted octanol–water partition coefficient (Wildman–Crippen LogP) is 21.0. The first-order chi connectivity index (χ1) is 36.2. The summed E-state index contributed by atoms with van der Waals surface area (Å²) >= 11 is 0. The lowest BCUT2D eigenvalue weighted by atomic mass is 10.0. The van der Waals surface area contributed by atoms with Crippen LogP contribution in [0.1, 0.15) is 277 Å². The van der Waals surface area contributed by atoms with Gasteiger partial charge in [0.1, 0.15) is 0 Å². The van der Waals surface area contributed by atoms with E-state index in [4.69, 9.17) is 0 Å². The molecule has 0 bridgehead atoms. The Morgan fingerprint density at radius 2 is 0.603 bits per heavy atom. The van der Waals surface area contributed by atoms with Crippen LogP contribution < -0.4 is 5.32 Å². The van der Waals surface area contributed by atoms with Gasteiger partial charge in [-0.1, -0.05) is 308 Å². The van der Waals surface area contributed by atoms with E-state index >= 15 is 0 Å². The van der Waals surface area contributed by atoms with Crippen molar-refractivity contribution in [1.82, 2.24) is 5.32 Å². The molecule has 0 radical (unpaired) electrons. The lowest BCUT2D eigenvalue weighted by Gasteiger charge is -2.20. The van der Waals surface area contributed by atoms with Gasteiger partial charge < -0.3 is 15.5 Å². The van der Waals surface area contributed by atoms with E-state index in [2.05, 4.69) is 141 Å². The van der Waals surface area contributed by atoms with Gasteiger partial charge in [0, 0.05) is 6.42 Å². The van der Waals surface area contributed by atoms with Crippen LogP contribution in [0.5, 0.6) is 0 Å². The molecule has 0 saturated carbocycles. The summed E-state index contributed by atoms with van der Waals surface area (Å²) in [6.45, 7) is 4.20. The fraction of sp³-hybridized carbons (Fsp3) is 0.667. The highest BCUT2D eigenvalue weighted by Crippen LogP contribution is 2.16. The number of carbonyl (C=O) groups excluding carboxylic acids is 1. The minimum atomic E-state index is -0.862. The van der Waals surface area contributed by atoms with Crippen molar-refractivity contribution < 1.29 is 15.0 Å². The SMILES string of the molecule is CC/C=C\C/C=C\C/C=C\C/C=C\C/C=C\C/C=C\C/C=C\C/C=C\C/C=C\C/C=C\CCCCCCC(=O)NC(CO)C(O)/C=C/CCCCCCCCCCCCCCCCCCCCCCCCCC. The molecule has 0 saturated heterocycles. The zero-order chi connectivity index (χ0) is 52.7. The Bertz CT molecular complexity index is 1470. The molecule has 416 valence electrons. The normalized spacial score (nSPS) is 13.8. The molecule has 0 aromatic heterocycles. The minimum Gasteiger partial charge on any atom is -0.394 e. The number of aliphatic hydroxyl groups is 2. The maximum absolute atomic E-state index is 12.5. The number of nitrogens with one attached hydrogen (secondary N) is 1. The molecule has 73 heavy (non-hydrogen) atoms. The fourth-order valence-corrected chi connectivity index (χ4v) is 8.74. The Kier molecular flexibility index (Phi) is 59.8. The zero-order valence-electron chi connectivity index (χ0n) is 47.9. The second-order valence-electron chi connectivity index (χ2n) is 20.4. The summed E-state index contributed by atoms with van der Waals surface area (Å²) in [5.41, 5.74) is 0. The molecule has 0 rings (SSSR count). The topological polar surface area (TPSA) is 69.6 Å². The van der Waals surface area contributed by atoms with Crippen LogP contribution in [0.3, 0.4) is 0 Å². The van der Waals surface area contributed by atoms with Gasteiger partial charge in [-0.05, 0) is 96.3 Å². The number of aliphatic hydroxyl groups excluding tert-OH is 2. The van der Waals surface area contributed by atoms with Crippen molar-refractivity contribution in [2.24, 2.45) is 0 Å². The summed E-state index contributed by atoms with van der Waals surface area (Å²) in [4.78, 5) is 12.5. The van der Waals surface area contributed by atoms with E-state index in [9.17, 15) is 15.0 Å². The molecule has 0 heterocycles. The van der Waals surface area contributed by atoms with Gasteiger partial charge >= 0.3 is 0 Å². The van der Waals surface area contributed by atoms with Crippen LogP contribution in [0.15, 0.2) is 134 Å². The van der Waals surface area contributed by atoms with Crippen LogP contribution >= 0.6 is 0 Å². The van der Waals surface area contributed by atoms with Gasteiger partial charge in [-0.25, -0.2) is 0 Å². The van der Waals surface area contributed by atoms with E-state index in [1.165, 1.54) is 148 Å². The number of carbonyl (C=O) groups is 1. The Morgan fingerprint density at radius 3 is 0.904 bits per heavy atom. The lowest BCUT2D eigenvalue weighted by Crippen LogP contribution is -2.45. The molecule has 3 N–H and O–H groups in total. The fourth-order valence-electron chi connectivity index (χ4n) is 8.74. The molecule has 2 unspecified atom stereocenters. The van der Waals surface area contributed by atoms with Crippen LogP contribution in [-0.4, -0.2) is 34.9 Å². The Morgan fingerprint density at radius 1 is 0.342 bits per heavy atom. The molecular formula is C69H117NO3. The van der Waals surface area contributed by atoms with Crippen molar-refractivity contribution in [3.8, 4) is 0 Å². The quantitative estimate of drug-likeness (QED) is 0.0420. The standard InChI is InChI=1S/C69H117NO3/c1-3-5-7-9-11-13-15-17-19-21-23-25-27-29-31-32-33-34-35-36-37-38-39-41-43-45-47-49-51-53-55-57-59-61-63-65-69(73)70-67(66-71)68(72)64-62-60-58-56-54-52-50-48-46-44-42-40-30-28-26-24-22-20-18-16-14-12-10-8-6-4-2/h5,7,11,13,17,19,23,25,29,31,33-34,36-37,39,41,45,47,51,53,62,64,67-68,71-72H,3-4,6,8-10,12,14-16,18,20-22,24,26-28,30,32,35,38,40,42-44,46,48-50,52,54-61,63,65-66H2,1-2H3,(H,70,73)/b7-5-,13-11-,19-17-,25-23-,31-29-,34-33-,37-36-,41-39-,47-45-,53-51-,64-62+. The number of allylic oxidation sites excluding steroid dienone is 21. The summed E-state index contributed by atoms with van der Waals surface area (Å²) in [6.07, 6.45) is 97.7. The monoisotopic (exact) mass is 1010 g/mol. The molecule has 2 atom stereocenters. The van der Waals surface area contributed by atoms with E-state index in [-0.39, 0.29) is 12.5 Å². The number of hydrogen-bond acceptors (Lipinski definition) is 3. The number of amides is 1. The third kappa shape index (κ3) is 59.3. The van der Waals surface area contributed by atoms with Crippen LogP contribution in [0.2, 0.25) is 0 Å². The summed E-state index contributed by atoms with van der Waals surface area (Å²) in [5, 5.41) is 23.2. The summed E-state index contributed by atoms with van der Waals surface area (Å²) in [7, 11) is 0. The second-order valence-corrected chi connectivity index (χ2v) is 20.4. The zero-order valence-corrected chi connectivity index (χ0v) is 47.9. The van der Waals surface area contributed by atoms with Gasteiger partial charge in [0.2, 0.25) is 5.91 Å². The molecule has 4 nitrogen and oxygen atoms in total. The molecule has 0 aliphatic heterocycles. The summed E-state index contributed by atoms with van der Waals surface area (Å²) < 4.78 is 0. The van der Waals surface area contributed by atoms with Crippen molar-refractivity contribution in [2.45, 2.75) is 289 Å². The largest absolute Gasteiger partial charge is 0.394 e. The average Bonchev–Trinajstić information content (AvgIpc) is 3.40. The molecule has 0 spiro atoms. The minimum absolute atomic E-state index is 0.0913. The van der Waals surface area contributed by atoms with E-state index in [0.29, 0.717) is 6.42 Å². The molecule has 0 aliphatic carbocycles. The number of unbranched alkanes of at least 4 members (excludes halogenated alkanes) is 28. The average molecular weight is 1010 g/mol. The second kappa shape index (κ2) is 62.8. The first kappa shape index (κ1) is 69.5. The number of hydrogen-bond donors (Lipinski definition) is 3. The van der Waals surface area contributed by atoms with Crippen LogP contribution in [0.25, 0.3) is 0 Å². The van der Waals surface area contributed by atoms with Crippen molar-refractivity contribution in [1.29, 1.82) is 0 Å². The van der Waals surface area contributed by atoms with E-state index in [1.54, 1.807) is 6.08 Å². The maximum Gasteiger partial charge on any atom is 0.220 e. The van der Waals surface area contributed by atoms with E-state index in [0.717, 1.165) is 109 Å². The van der Waals surface area contributed by atoms with E-state index in [1.807, 2.05) is 6.08 Å². The summed E-state index contributed by atoms with van der Waals surface area (Å²) in [6, 6.07) is -0.648. The highest BCUT2D eigenvalue weighted by atomic mass is 16.3. The van der Waals surface area contributed by atoms with Gasteiger partial charge in [0.25, 0.3) is 0 Å². The molecule has 4 heteroatoms. The van der Waals surface area contributed by atoms with Crippen molar-refractivity contribution in [3.63, 3.8) is 0 Å². The molecule has 0 aromatic rings. The van der Waals surface area contributed by atoms with Crippen LogP contribution in [0.4, 0.5) is 0 Å². The lowest BCUT2D eigenvalue weighted by molar-refractivity contribution is -0.123. The predicted molar refractivity (Wildman–Crippen MR) is 326 cm³/mol. The van der Waals surface area contributed by atoms with Gasteiger partial charge in [-0.2, -0.15) is 0 Å². The Hall–Kier alpha value is -3.47.